The van der Waals surface area contributed by atoms with Crippen LogP contribution >= 0.6 is 22.7 Å². The van der Waals surface area contributed by atoms with E-state index in [1.807, 2.05) is 41.1 Å². The van der Waals surface area contributed by atoms with Crippen LogP contribution in [0.3, 0.4) is 0 Å². The van der Waals surface area contributed by atoms with Gasteiger partial charge in [0.15, 0.2) is 6.61 Å². The molecule has 0 aromatic carbocycles. The molecule has 0 saturated carbocycles. The third-order valence-corrected chi connectivity index (χ3v) is 5.90. The molecule has 0 N–H and O–H groups in total. The highest BCUT2D eigenvalue weighted by Gasteiger charge is 2.23. The first-order valence-electron chi connectivity index (χ1n) is 8.37. The molecule has 1 aliphatic rings. The highest BCUT2D eigenvalue weighted by Crippen LogP contribution is 2.26. The molecule has 1 amide bonds. The minimum atomic E-state index is -0.450. The quantitative estimate of drug-likeness (QED) is 0.582. The predicted molar refractivity (Wildman–Crippen MR) is 102 cm³/mol. The van der Waals surface area contributed by atoms with Crippen molar-refractivity contribution >= 4 is 46.2 Å². The normalized spacial score (nSPS) is 18.2. The fraction of sp³-hybridized carbons (Fsp3) is 0.368. The second-order valence-corrected chi connectivity index (χ2v) is 8.14. The number of hydrogen-bond donors (Lipinski definition) is 0. The van der Waals surface area contributed by atoms with Gasteiger partial charge < -0.3 is 9.64 Å². The summed E-state index contributed by atoms with van der Waals surface area (Å²) in [7, 11) is 0. The Morgan fingerprint density at radius 2 is 2.08 bits per heavy atom. The number of nitrogens with zero attached hydrogens (tertiary/aromatic N) is 1. The zero-order valence-electron chi connectivity index (χ0n) is 14.1. The second-order valence-electron chi connectivity index (χ2n) is 6.21. The van der Waals surface area contributed by atoms with Crippen molar-refractivity contribution < 1.29 is 14.3 Å². The molecule has 132 valence electrons. The average molecular weight is 376 g/mol. The predicted octanol–water partition coefficient (Wildman–Crippen LogP) is 4.15. The Balaban J connectivity index is 1.66. The fourth-order valence-electron chi connectivity index (χ4n) is 2.89. The van der Waals surface area contributed by atoms with E-state index in [2.05, 4.69) is 6.92 Å². The monoisotopic (exact) mass is 375 g/mol. The molecule has 6 heteroatoms. The minimum Gasteiger partial charge on any atom is -0.452 e. The maximum atomic E-state index is 12.6. The van der Waals surface area contributed by atoms with Crippen molar-refractivity contribution in [1.29, 1.82) is 0 Å². The summed E-state index contributed by atoms with van der Waals surface area (Å²) in [6.45, 7) is 3.45. The number of piperidine rings is 1. The van der Waals surface area contributed by atoms with Crippen LogP contribution in [0, 0.1) is 5.92 Å². The molecule has 1 saturated heterocycles. The van der Waals surface area contributed by atoms with Crippen LogP contribution in [0.4, 0.5) is 0 Å². The summed E-state index contributed by atoms with van der Waals surface area (Å²) in [5.74, 6) is -0.0513. The smallest absolute Gasteiger partial charge is 0.340 e. The number of likely N-dealkylation sites (tertiary alicyclic amines) is 1. The number of ether oxygens (including phenoxy) is 1. The SMILES string of the molecule is C[C@@H]1CCCN(C(=O)COC(=O)/C(=C/c2cccs2)c2cccs2)C1. The average Bonchev–Trinajstić information content (AvgIpc) is 3.30. The molecule has 1 atom stereocenters. The van der Waals surface area contributed by atoms with Crippen molar-refractivity contribution in [3.63, 3.8) is 0 Å². The lowest BCUT2D eigenvalue weighted by Crippen LogP contribution is -2.41. The second kappa shape index (κ2) is 8.45. The van der Waals surface area contributed by atoms with Gasteiger partial charge in [0.2, 0.25) is 0 Å². The first kappa shape index (κ1) is 17.9. The fourth-order valence-corrected chi connectivity index (χ4v) is 4.28. The molecule has 1 aliphatic heterocycles. The summed E-state index contributed by atoms with van der Waals surface area (Å²) in [5, 5.41) is 3.88. The lowest BCUT2D eigenvalue weighted by atomic mass is 10.0. The van der Waals surface area contributed by atoms with Crippen molar-refractivity contribution in [1.82, 2.24) is 4.90 Å². The van der Waals surface area contributed by atoms with E-state index in [9.17, 15) is 9.59 Å². The van der Waals surface area contributed by atoms with Gasteiger partial charge in [0.25, 0.3) is 5.91 Å². The van der Waals surface area contributed by atoms with Crippen LogP contribution in [0.2, 0.25) is 0 Å². The maximum absolute atomic E-state index is 12.6. The first-order valence-corrected chi connectivity index (χ1v) is 10.1. The Morgan fingerprint density at radius 3 is 2.76 bits per heavy atom. The van der Waals surface area contributed by atoms with Gasteiger partial charge in [-0.1, -0.05) is 19.1 Å². The number of carbonyl (C=O) groups is 2. The van der Waals surface area contributed by atoms with Crippen molar-refractivity contribution in [3.8, 4) is 0 Å². The molecular formula is C19H21NO3S2. The van der Waals surface area contributed by atoms with Crippen LogP contribution in [0.5, 0.6) is 0 Å². The number of amides is 1. The van der Waals surface area contributed by atoms with E-state index in [0.29, 0.717) is 11.5 Å². The molecule has 0 aliphatic carbocycles. The number of thiophene rings is 2. The summed E-state index contributed by atoms with van der Waals surface area (Å²) in [4.78, 5) is 28.5. The van der Waals surface area contributed by atoms with Crippen LogP contribution in [0.1, 0.15) is 29.5 Å². The van der Waals surface area contributed by atoms with Crippen molar-refractivity contribution in [3.05, 3.63) is 44.8 Å². The molecule has 0 spiro atoms. The summed E-state index contributed by atoms with van der Waals surface area (Å²) in [6, 6.07) is 7.68. The zero-order valence-corrected chi connectivity index (χ0v) is 15.8. The summed E-state index contributed by atoms with van der Waals surface area (Å²) in [5.41, 5.74) is 0.497. The number of carbonyl (C=O) groups excluding carboxylic acids is 2. The summed E-state index contributed by atoms with van der Waals surface area (Å²) >= 11 is 3.04. The van der Waals surface area contributed by atoms with Crippen molar-refractivity contribution in [2.24, 2.45) is 5.92 Å². The van der Waals surface area contributed by atoms with Gasteiger partial charge >= 0.3 is 5.97 Å². The minimum absolute atomic E-state index is 0.110. The molecule has 2 aromatic heterocycles. The molecule has 0 unspecified atom stereocenters. The van der Waals surface area contributed by atoms with E-state index < -0.39 is 5.97 Å². The van der Waals surface area contributed by atoms with Crippen LogP contribution in [0.25, 0.3) is 11.6 Å². The number of rotatable bonds is 5. The van der Waals surface area contributed by atoms with E-state index in [0.717, 1.165) is 35.7 Å². The standard InChI is InChI=1S/C19H21NO3S2/c1-14-5-2-8-20(12-14)18(21)13-23-19(22)16(17-7-4-10-25-17)11-15-6-3-9-24-15/h3-4,6-7,9-11,14H,2,5,8,12-13H2,1H3/b16-11+/t14-/m1/s1. The lowest BCUT2D eigenvalue weighted by Gasteiger charge is -2.30. The Morgan fingerprint density at radius 1 is 1.28 bits per heavy atom. The van der Waals surface area contributed by atoms with Gasteiger partial charge in [0, 0.05) is 22.8 Å². The zero-order chi connectivity index (χ0) is 17.6. The van der Waals surface area contributed by atoms with Crippen LogP contribution in [-0.4, -0.2) is 36.5 Å². The highest BCUT2D eigenvalue weighted by molar-refractivity contribution is 7.12. The number of esters is 1. The van der Waals surface area contributed by atoms with Crippen LogP contribution in [0.15, 0.2) is 35.0 Å². The number of hydrogen-bond acceptors (Lipinski definition) is 5. The maximum Gasteiger partial charge on any atom is 0.340 e. The molecule has 3 heterocycles. The Bertz CT molecular complexity index is 735. The molecule has 4 nitrogen and oxygen atoms in total. The van der Waals surface area contributed by atoms with Gasteiger partial charge in [-0.05, 0) is 47.7 Å². The van der Waals surface area contributed by atoms with E-state index in [1.165, 1.54) is 11.3 Å². The molecule has 3 rings (SSSR count). The van der Waals surface area contributed by atoms with Gasteiger partial charge in [0.1, 0.15) is 0 Å². The van der Waals surface area contributed by atoms with Gasteiger partial charge in [-0.25, -0.2) is 4.79 Å². The lowest BCUT2D eigenvalue weighted by molar-refractivity contribution is -0.148. The van der Waals surface area contributed by atoms with Gasteiger partial charge in [-0.3, -0.25) is 4.79 Å². The highest BCUT2D eigenvalue weighted by atomic mass is 32.1. The third kappa shape index (κ3) is 4.80. The van der Waals surface area contributed by atoms with Crippen LogP contribution < -0.4 is 0 Å². The van der Waals surface area contributed by atoms with E-state index in [4.69, 9.17) is 4.74 Å². The van der Waals surface area contributed by atoms with Crippen molar-refractivity contribution in [2.75, 3.05) is 19.7 Å². The Labute approximate surface area is 155 Å². The Hall–Kier alpha value is -1.92. The van der Waals surface area contributed by atoms with Gasteiger partial charge in [-0.15, -0.1) is 22.7 Å². The van der Waals surface area contributed by atoms with Crippen LogP contribution in [-0.2, 0) is 14.3 Å². The third-order valence-electron chi connectivity index (χ3n) is 4.17. The van der Waals surface area contributed by atoms with E-state index in [-0.39, 0.29) is 12.5 Å². The van der Waals surface area contributed by atoms with Gasteiger partial charge in [-0.2, -0.15) is 0 Å². The summed E-state index contributed by atoms with van der Waals surface area (Å²) in [6.07, 6.45) is 3.99. The Kier molecular flexibility index (Phi) is 6.04. The van der Waals surface area contributed by atoms with E-state index >= 15 is 0 Å². The van der Waals surface area contributed by atoms with Crippen molar-refractivity contribution in [2.45, 2.75) is 19.8 Å². The molecule has 0 bridgehead atoms. The molecule has 0 radical (unpaired) electrons. The summed E-state index contributed by atoms with van der Waals surface area (Å²) < 4.78 is 5.34. The molecule has 25 heavy (non-hydrogen) atoms. The molecular weight excluding hydrogens is 354 g/mol. The largest absolute Gasteiger partial charge is 0.452 e. The van der Waals surface area contributed by atoms with Gasteiger partial charge in [0.05, 0.1) is 5.57 Å². The first-order chi connectivity index (χ1) is 12.1. The molecule has 2 aromatic rings. The van der Waals surface area contributed by atoms with E-state index in [1.54, 1.807) is 16.2 Å². The topological polar surface area (TPSA) is 46.6 Å². The molecule has 1 fully saturated rings.